The lowest BCUT2D eigenvalue weighted by Gasteiger charge is -2.14. The van der Waals surface area contributed by atoms with Crippen LogP contribution in [0.25, 0.3) is 11.6 Å². The van der Waals surface area contributed by atoms with Gasteiger partial charge >= 0.3 is 6.61 Å². The number of benzene rings is 2. The lowest BCUT2D eigenvalue weighted by Crippen LogP contribution is -2.23. The number of nitrogens with one attached hydrogen (secondary N) is 1. The molecule has 4 aromatic rings. The predicted octanol–water partition coefficient (Wildman–Crippen LogP) is 5.31. The van der Waals surface area contributed by atoms with Crippen LogP contribution in [-0.4, -0.2) is 32.5 Å². The molecule has 0 aliphatic heterocycles. The number of rotatable bonds is 9. The Morgan fingerprint density at radius 2 is 1.85 bits per heavy atom. The van der Waals surface area contributed by atoms with Crippen molar-refractivity contribution in [3.63, 3.8) is 0 Å². The van der Waals surface area contributed by atoms with Crippen molar-refractivity contribution in [2.24, 2.45) is 0 Å². The van der Waals surface area contributed by atoms with Gasteiger partial charge < -0.3 is 14.5 Å². The number of aromatic nitrogens is 3. The van der Waals surface area contributed by atoms with Crippen molar-refractivity contribution in [2.75, 3.05) is 5.32 Å². The van der Waals surface area contributed by atoms with Crippen molar-refractivity contribution in [1.29, 1.82) is 0 Å². The fourth-order valence-electron chi connectivity index (χ4n) is 3.05. The Labute approximate surface area is 192 Å². The zero-order valence-corrected chi connectivity index (χ0v) is 18.3. The normalized spacial score (nSPS) is 12.0. The van der Waals surface area contributed by atoms with E-state index in [0.29, 0.717) is 29.0 Å². The van der Waals surface area contributed by atoms with Gasteiger partial charge in [-0.05, 0) is 48.9 Å². The highest BCUT2D eigenvalue weighted by atomic mass is 32.2. The van der Waals surface area contributed by atoms with Crippen molar-refractivity contribution >= 4 is 23.4 Å². The zero-order chi connectivity index (χ0) is 23.2. The summed E-state index contributed by atoms with van der Waals surface area (Å²) in [7, 11) is 0. The van der Waals surface area contributed by atoms with E-state index in [-0.39, 0.29) is 11.7 Å². The molecule has 4 rings (SSSR count). The molecular weight excluding hydrogens is 450 g/mol. The van der Waals surface area contributed by atoms with Crippen molar-refractivity contribution in [2.45, 2.75) is 30.5 Å². The summed E-state index contributed by atoms with van der Waals surface area (Å²) in [5.74, 6) is 0.892. The second kappa shape index (κ2) is 10.3. The molecule has 2 heterocycles. The summed E-state index contributed by atoms with van der Waals surface area (Å²) in [6, 6.07) is 19.2. The molecule has 0 fully saturated rings. The molecule has 0 bridgehead atoms. The first-order valence-electron chi connectivity index (χ1n) is 10.0. The molecule has 1 amide bonds. The molecule has 170 valence electrons. The quantitative estimate of drug-likeness (QED) is 0.334. The van der Waals surface area contributed by atoms with E-state index in [1.54, 1.807) is 25.3 Å². The first-order chi connectivity index (χ1) is 16.0. The number of carbonyl (C=O) groups is 1. The van der Waals surface area contributed by atoms with Crippen LogP contribution in [-0.2, 0) is 11.3 Å². The highest BCUT2D eigenvalue weighted by molar-refractivity contribution is 8.00. The molecule has 1 atom stereocenters. The number of furan rings is 1. The number of hydrogen-bond acceptors (Lipinski definition) is 6. The third-order valence-electron chi connectivity index (χ3n) is 4.64. The van der Waals surface area contributed by atoms with Crippen molar-refractivity contribution in [3.8, 4) is 17.3 Å². The molecule has 0 aliphatic carbocycles. The van der Waals surface area contributed by atoms with Gasteiger partial charge in [0.25, 0.3) is 0 Å². The van der Waals surface area contributed by atoms with Crippen LogP contribution in [0.3, 0.4) is 0 Å². The smallest absolute Gasteiger partial charge is 0.387 e. The van der Waals surface area contributed by atoms with E-state index in [4.69, 9.17) is 4.42 Å². The van der Waals surface area contributed by atoms with Gasteiger partial charge in [0.15, 0.2) is 10.9 Å². The minimum absolute atomic E-state index is 0.0184. The molecule has 1 unspecified atom stereocenters. The van der Waals surface area contributed by atoms with Crippen LogP contribution < -0.4 is 10.1 Å². The number of alkyl halides is 2. The Hall–Kier alpha value is -3.66. The minimum Gasteiger partial charge on any atom is -0.461 e. The van der Waals surface area contributed by atoms with Crippen molar-refractivity contribution < 1.29 is 22.7 Å². The van der Waals surface area contributed by atoms with Gasteiger partial charge in [-0.15, -0.1) is 10.2 Å². The molecule has 0 saturated heterocycles. The van der Waals surface area contributed by atoms with Crippen LogP contribution in [0, 0.1) is 0 Å². The lowest BCUT2D eigenvalue weighted by molar-refractivity contribution is -0.115. The molecule has 2 aromatic carbocycles. The summed E-state index contributed by atoms with van der Waals surface area (Å²) in [6.07, 6.45) is 1.57. The molecule has 10 heteroatoms. The summed E-state index contributed by atoms with van der Waals surface area (Å²) < 4.78 is 36.3. The fraction of sp³-hybridized carbons (Fsp3) is 0.174. The molecule has 1 N–H and O–H groups in total. The lowest BCUT2D eigenvalue weighted by atomic mass is 10.2. The Morgan fingerprint density at radius 1 is 1.09 bits per heavy atom. The van der Waals surface area contributed by atoms with E-state index < -0.39 is 11.9 Å². The van der Waals surface area contributed by atoms with E-state index in [0.717, 1.165) is 5.56 Å². The zero-order valence-electron chi connectivity index (χ0n) is 17.5. The van der Waals surface area contributed by atoms with Gasteiger partial charge in [0.2, 0.25) is 11.7 Å². The van der Waals surface area contributed by atoms with E-state index in [2.05, 4.69) is 20.3 Å². The molecule has 0 radical (unpaired) electrons. The summed E-state index contributed by atoms with van der Waals surface area (Å²) in [4.78, 5) is 12.7. The molecule has 7 nitrogen and oxygen atoms in total. The summed E-state index contributed by atoms with van der Waals surface area (Å²) in [5, 5.41) is 11.4. The van der Waals surface area contributed by atoms with E-state index in [1.807, 2.05) is 34.9 Å². The fourth-order valence-corrected chi connectivity index (χ4v) is 3.90. The Bertz CT molecular complexity index is 1180. The second-order valence-corrected chi connectivity index (χ2v) is 8.32. The van der Waals surface area contributed by atoms with Crippen LogP contribution >= 0.6 is 11.8 Å². The van der Waals surface area contributed by atoms with Crippen LogP contribution in [0.1, 0.15) is 12.5 Å². The molecule has 0 spiro atoms. The molecular formula is C23H20F2N4O3S. The number of anilines is 1. The van der Waals surface area contributed by atoms with Crippen LogP contribution in [0.2, 0.25) is 0 Å². The Kier molecular flexibility index (Phi) is 7.04. The maximum absolute atomic E-state index is 12.7. The predicted molar refractivity (Wildman–Crippen MR) is 120 cm³/mol. The highest BCUT2D eigenvalue weighted by Gasteiger charge is 2.22. The summed E-state index contributed by atoms with van der Waals surface area (Å²) in [5.41, 5.74) is 1.52. The molecule has 0 aliphatic rings. The van der Waals surface area contributed by atoms with Gasteiger partial charge in [-0.2, -0.15) is 8.78 Å². The third kappa shape index (κ3) is 5.78. The number of amides is 1. The molecule has 0 saturated carbocycles. The Morgan fingerprint density at radius 3 is 2.52 bits per heavy atom. The highest BCUT2D eigenvalue weighted by Crippen LogP contribution is 2.29. The maximum atomic E-state index is 12.7. The SMILES string of the molecule is CC(Sc1nnc(-c2ccco2)n1Cc1ccccc1)C(=O)Nc1ccc(OC(F)F)cc1. The number of carbonyl (C=O) groups excluding carboxylic acids is 1. The number of nitrogens with zero attached hydrogens (tertiary/aromatic N) is 3. The van der Waals surface area contributed by atoms with Gasteiger partial charge in [-0.3, -0.25) is 9.36 Å². The van der Waals surface area contributed by atoms with E-state index in [9.17, 15) is 13.6 Å². The standard InChI is InChI=1S/C23H20F2N4O3S/c1-15(21(30)26-17-9-11-18(12-10-17)32-22(24)25)33-23-28-27-20(19-8-5-13-31-19)29(23)14-16-6-3-2-4-7-16/h2-13,15,22H,14H2,1H3,(H,26,30). The average molecular weight is 471 g/mol. The average Bonchev–Trinajstić information content (AvgIpc) is 3.46. The maximum Gasteiger partial charge on any atom is 0.387 e. The van der Waals surface area contributed by atoms with Crippen molar-refractivity contribution in [1.82, 2.24) is 14.8 Å². The molecule has 2 aromatic heterocycles. The first kappa shape index (κ1) is 22.5. The van der Waals surface area contributed by atoms with E-state index in [1.165, 1.54) is 36.0 Å². The number of thioether (sulfide) groups is 1. The van der Waals surface area contributed by atoms with Gasteiger partial charge in [-0.25, -0.2) is 0 Å². The largest absolute Gasteiger partial charge is 0.461 e. The van der Waals surface area contributed by atoms with Crippen LogP contribution in [0.5, 0.6) is 5.75 Å². The Balaban J connectivity index is 1.49. The second-order valence-electron chi connectivity index (χ2n) is 7.01. The number of halogens is 2. The van der Waals surface area contributed by atoms with Crippen LogP contribution in [0.4, 0.5) is 14.5 Å². The number of ether oxygens (including phenoxy) is 1. The van der Waals surface area contributed by atoms with Gasteiger partial charge in [0.05, 0.1) is 18.1 Å². The van der Waals surface area contributed by atoms with Gasteiger partial charge in [0, 0.05) is 5.69 Å². The number of hydrogen-bond donors (Lipinski definition) is 1. The minimum atomic E-state index is -2.90. The van der Waals surface area contributed by atoms with Crippen LogP contribution in [0.15, 0.2) is 82.6 Å². The monoisotopic (exact) mass is 470 g/mol. The topological polar surface area (TPSA) is 82.2 Å². The van der Waals surface area contributed by atoms with E-state index >= 15 is 0 Å². The van der Waals surface area contributed by atoms with Crippen molar-refractivity contribution in [3.05, 3.63) is 78.6 Å². The molecule has 33 heavy (non-hydrogen) atoms. The summed E-state index contributed by atoms with van der Waals surface area (Å²) >= 11 is 1.26. The van der Waals surface area contributed by atoms with Gasteiger partial charge in [0.1, 0.15) is 5.75 Å². The third-order valence-corrected chi connectivity index (χ3v) is 5.72. The van der Waals surface area contributed by atoms with Gasteiger partial charge in [-0.1, -0.05) is 42.1 Å². The summed E-state index contributed by atoms with van der Waals surface area (Å²) in [6.45, 7) is -0.643. The first-order valence-corrected chi connectivity index (χ1v) is 10.9.